The Labute approximate surface area is 281 Å². The highest BCUT2D eigenvalue weighted by Crippen LogP contribution is 2.37. The van der Waals surface area contributed by atoms with Gasteiger partial charge < -0.3 is 18.9 Å². The van der Waals surface area contributed by atoms with Gasteiger partial charge in [-0.25, -0.2) is 9.79 Å². The molecule has 0 radical (unpaired) electrons. The predicted molar refractivity (Wildman–Crippen MR) is 180 cm³/mol. The number of hydrogen-bond acceptors (Lipinski definition) is 8. The second kappa shape index (κ2) is 13.8. The highest BCUT2D eigenvalue weighted by molar-refractivity contribution is 14.1. The average molecular weight is 765 g/mol. The molecule has 4 aromatic rings. The van der Waals surface area contributed by atoms with Gasteiger partial charge in [0.1, 0.15) is 18.4 Å². The Morgan fingerprint density at radius 1 is 1.09 bits per heavy atom. The monoisotopic (exact) mass is 764 g/mol. The van der Waals surface area contributed by atoms with Crippen LogP contribution in [-0.2, 0) is 16.1 Å². The lowest BCUT2D eigenvalue weighted by molar-refractivity contribution is -0.139. The Balaban J connectivity index is 1.59. The number of benzene rings is 3. The number of thiazole rings is 1. The summed E-state index contributed by atoms with van der Waals surface area (Å²) < 4.78 is 25.5. The van der Waals surface area contributed by atoms with Crippen LogP contribution in [0.3, 0.4) is 0 Å². The van der Waals surface area contributed by atoms with Gasteiger partial charge in [0, 0.05) is 21.2 Å². The summed E-state index contributed by atoms with van der Waals surface area (Å²) in [5.41, 5.74) is 2.62. The molecule has 0 N–H and O–H groups in total. The van der Waals surface area contributed by atoms with Crippen molar-refractivity contribution < 1.29 is 23.7 Å². The van der Waals surface area contributed by atoms with Gasteiger partial charge in [-0.05, 0) is 78.4 Å². The van der Waals surface area contributed by atoms with E-state index in [-0.39, 0.29) is 24.3 Å². The third-order valence-electron chi connectivity index (χ3n) is 6.89. The summed E-state index contributed by atoms with van der Waals surface area (Å²) >= 11 is 15.7. The molecule has 3 aromatic carbocycles. The molecular weight excluding hydrogens is 738 g/mol. The van der Waals surface area contributed by atoms with Gasteiger partial charge in [0.15, 0.2) is 16.3 Å². The van der Waals surface area contributed by atoms with Gasteiger partial charge in [0.25, 0.3) is 5.56 Å². The van der Waals surface area contributed by atoms with Crippen LogP contribution in [-0.4, -0.2) is 31.4 Å². The fourth-order valence-electron chi connectivity index (χ4n) is 4.88. The number of rotatable bonds is 9. The van der Waals surface area contributed by atoms with Gasteiger partial charge in [-0.15, -0.1) is 0 Å². The number of halogens is 3. The summed E-state index contributed by atoms with van der Waals surface area (Å²) in [6, 6.07) is 15.4. The summed E-state index contributed by atoms with van der Waals surface area (Å²) in [5, 5.41) is 1.05. The van der Waals surface area contributed by atoms with Crippen molar-refractivity contribution in [3.63, 3.8) is 0 Å². The third-order valence-corrected chi connectivity index (χ3v) is 9.26. The highest BCUT2D eigenvalue weighted by atomic mass is 127. The van der Waals surface area contributed by atoms with Gasteiger partial charge >= 0.3 is 5.97 Å². The minimum Gasteiger partial charge on any atom is -0.496 e. The molecule has 2 heterocycles. The molecule has 1 aliphatic rings. The standard InChI is InChI=1S/C32H27Cl2IN2O6S/c1-5-42-31(39)27-17(2)36-32-37(28(27)21-8-6-7-9-24(21)40-3)30(38)26(44-32)14-18-12-23(35)29(25(13-18)41-4)43-16-19-10-11-20(33)15-22(19)34/h6-15,28H,5,16H2,1-4H3/b26-14+/t28-/m1/s1. The second-order valence-corrected chi connectivity index (χ2v) is 12.6. The number of hydrogen-bond donors (Lipinski definition) is 0. The number of nitrogens with zero attached hydrogens (tertiary/aromatic N) is 2. The second-order valence-electron chi connectivity index (χ2n) is 9.60. The minimum atomic E-state index is -0.784. The van der Waals surface area contributed by atoms with Crippen molar-refractivity contribution in [2.75, 3.05) is 20.8 Å². The van der Waals surface area contributed by atoms with Crippen LogP contribution in [0.25, 0.3) is 6.08 Å². The number of carbonyl (C=O) groups is 1. The first kappa shape index (κ1) is 32.1. The smallest absolute Gasteiger partial charge is 0.338 e. The molecule has 0 fully saturated rings. The molecule has 0 saturated carbocycles. The number of para-hydroxylation sites is 1. The van der Waals surface area contributed by atoms with Crippen molar-refractivity contribution in [1.82, 2.24) is 4.57 Å². The zero-order valence-corrected chi connectivity index (χ0v) is 28.6. The van der Waals surface area contributed by atoms with Crippen molar-refractivity contribution in [1.29, 1.82) is 0 Å². The molecule has 0 bridgehead atoms. The third kappa shape index (κ3) is 6.39. The number of methoxy groups -OCH3 is 2. The van der Waals surface area contributed by atoms with Crippen molar-refractivity contribution in [2.24, 2.45) is 4.99 Å². The number of fused-ring (bicyclic) bond motifs is 1. The van der Waals surface area contributed by atoms with Gasteiger partial charge in [-0.2, -0.15) is 0 Å². The number of carbonyl (C=O) groups excluding carboxylic acids is 1. The van der Waals surface area contributed by atoms with E-state index in [0.29, 0.717) is 47.9 Å². The molecule has 8 nitrogen and oxygen atoms in total. The first-order valence-corrected chi connectivity index (χ1v) is 16.1. The van der Waals surface area contributed by atoms with E-state index in [2.05, 4.69) is 27.6 Å². The van der Waals surface area contributed by atoms with E-state index in [1.165, 1.54) is 15.9 Å². The summed E-state index contributed by atoms with van der Waals surface area (Å²) in [6.45, 7) is 3.88. The predicted octanol–water partition coefficient (Wildman–Crippen LogP) is 6.31. The van der Waals surface area contributed by atoms with Crippen LogP contribution < -0.4 is 29.1 Å². The van der Waals surface area contributed by atoms with E-state index < -0.39 is 12.0 Å². The van der Waals surface area contributed by atoms with Gasteiger partial charge in [-0.3, -0.25) is 9.36 Å². The van der Waals surface area contributed by atoms with Crippen LogP contribution in [0.2, 0.25) is 10.0 Å². The molecule has 0 aliphatic carbocycles. The van der Waals surface area contributed by atoms with Crippen LogP contribution >= 0.6 is 57.1 Å². The minimum absolute atomic E-state index is 0.186. The summed E-state index contributed by atoms with van der Waals surface area (Å²) in [7, 11) is 3.10. The molecule has 0 unspecified atom stereocenters. The molecule has 12 heteroatoms. The molecule has 1 atom stereocenters. The molecule has 1 aromatic heterocycles. The first-order valence-electron chi connectivity index (χ1n) is 13.4. The lowest BCUT2D eigenvalue weighted by Crippen LogP contribution is -2.40. The summed E-state index contributed by atoms with van der Waals surface area (Å²) in [4.78, 5) is 32.3. The summed E-state index contributed by atoms with van der Waals surface area (Å²) in [5.74, 6) is 1.05. The normalized spacial score (nSPS) is 14.6. The number of aromatic nitrogens is 1. The molecule has 228 valence electrons. The summed E-state index contributed by atoms with van der Waals surface area (Å²) in [6.07, 6.45) is 1.77. The average Bonchev–Trinajstić information content (AvgIpc) is 3.30. The van der Waals surface area contributed by atoms with E-state index in [9.17, 15) is 9.59 Å². The molecule has 0 saturated heterocycles. The van der Waals surface area contributed by atoms with E-state index >= 15 is 0 Å². The molecule has 0 spiro atoms. The van der Waals surface area contributed by atoms with Crippen LogP contribution in [0.1, 0.15) is 36.6 Å². The van der Waals surface area contributed by atoms with E-state index in [1.807, 2.05) is 30.3 Å². The Morgan fingerprint density at radius 2 is 1.84 bits per heavy atom. The quantitative estimate of drug-likeness (QED) is 0.147. The van der Waals surface area contributed by atoms with Crippen LogP contribution in [0, 0.1) is 3.57 Å². The lowest BCUT2D eigenvalue weighted by atomic mass is 9.95. The largest absolute Gasteiger partial charge is 0.496 e. The topological polar surface area (TPSA) is 88.4 Å². The van der Waals surface area contributed by atoms with Crippen LogP contribution in [0.15, 0.2) is 75.7 Å². The van der Waals surface area contributed by atoms with Crippen LogP contribution in [0.4, 0.5) is 0 Å². The Bertz CT molecular complexity index is 1970. The van der Waals surface area contributed by atoms with Gasteiger partial charge in [-0.1, -0.05) is 58.8 Å². The number of esters is 1. The van der Waals surface area contributed by atoms with Crippen molar-refractivity contribution in [2.45, 2.75) is 26.5 Å². The number of allylic oxidation sites excluding steroid dienone is 1. The zero-order chi connectivity index (χ0) is 31.5. The maximum Gasteiger partial charge on any atom is 0.338 e. The molecule has 1 aliphatic heterocycles. The SMILES string of the molecule is CCOC(=O)C1=C(C)N=c2s/c(=C/c3cc(I)c(OCc4ccc(Cl)cc4Cl)c(OC)c3)c(=O)n2[C@@H]1c1ccccc1OC. The van der Waals surface area contributed by atoms with Crippen LogP contribution in [0.5, 0.6) is 17.2 Å². The van der Waals surface area contributed by atoms with Crippen molar-refractivity contribution in [3.05, 3.63) is 116 Å². The van der Waals surface area contributed by atoms with E-state index in [0.717, 1.165) is 14.7 Å². The fourth-order valence-corrected chi connectivity index (χ4v) is 7.17. The fraction of sp³-hybridized carbons (Fsp3) is 0.219. The zero-order valence-electron chi connectivity index (χ0n) is 24.2. The highest BCUT2D eigenvalue weighted by Gasteiger charge is 2.35. The Kier molecular flexibility index (Phi) is 10.0. The van der Waals surface area contributed by atoms with Gasteiger partial charge in [0.2, 0.25) is 0 Å². The maximum atomic E-state index is 14.0. The van der Waals surface area contributed by atoms with Crippen molar-refractivity contribution in [3.8, 4) is 17.2 Å². The van der Waals surface area contributed by atoms with E-state index in [1.54, 1.807) is 58.4 Å². The first-order chi connectivity index (χ1) is 21.2. The molecular formula is C32H27Cl2IN2O6S. The Morgan fingerprint density at radius 3 is 2.55 bits per heavy atom. The Hall–Kier alpha value is -3.32. The molecule has 44 heavy (non-hydrogen) atoms. The number of ether oxygens (including phenoxy) is 4. The van der Waals surface area contributed by atoms with E-state index in [4.69, 9.17) is 42.1 Å². The molecule has 5 rings (SSSR count). The maximum absolute atomic E-state index is 14.0. The van der Waals surface area contributed by atoms with Gasteiger partial charge in [0.05, 0.1) is 40.2 Å². The lowest BCUT2D eigenvalue weighted by Gasteiger charge is -2.25. The van der Waals surface area contributed by atoms with Crippen molar-refractivity contribution >= 4 is 69.2 Å². The molecule has 0 amide bonds.